The Balaban J connectivity index is 3.51. The van der Waals surface area contributed by atoms with Gasteiger partial charge in [-0.05, 0) is 20.0 Å². The molecular formula is C8H19NO2. The quantitative estimate of drug-likeness (QED) is 0.586. The van der Waals surface area contributed by atoms with E-state index in [4.69, 9.17) is 9.47 Å². The van der Waals surface area contributed by atoms with Crippen LogP contribution in [0.4, 0.5) is 0 Å². The Kier molecular flexibility index (Phi) is 6.51. The SMILES string of the molecule is CNCCC(C)C(OC)OC. The van der Waals surface area contributed by atoms with E-state index in [-0.39, 0.29) is 6.29 Å². The van der Waals surface area contributed by atoms with Gasteiger partial charge in [0.2, 0.25) is 0 Å². The van der Waals surface area contributed by atoms with Gasteiger partial charge in [0.1, 0.15) is 0 Å². The fourth-order valence-electron chi connectivity index (χ4n) is 1.07. The summed E-state index contributed by atoms with van der Waals surface area (Å²) in [6, 6.07) is 0. The van der Waals surface area contributed by atoms with Gasteiger partial charge in [0.15, 0.2) is 6.29 Å². The predicted octanol–water partition coefficient (Wildman–Crippen LogP) is 0.851. The average Bonchev–Trinajstić information content (AvgIpc) is 2.03. The molecule has 0 aromatic carbocycles. The van der Waals surface area contributed by atoms with Crippen LogP contribution in [0.25, 0.3) is 0 Å². The summed E-state index contributed by atoms with van der Waals surface area (Å²) < 4.78 is 10.2. The Bertz CT molecular complexity index is 84.2. The predicted molar refractivity (Wildman–Crippen MR) is 45.5 cm³/mol. The molecule has 0 heterocycles. The first-order chi connectivity index (χ1) is 5.26. The minimum Gasteiger partial charge on any atom is -0.356 e. The van der Waals surface area contributed by atoms with Crippen molar-refractivity contribution in [1.29, 1.82) is 0 Å². The maximum Gasteiger partial charge on any atom is 0.159 e. The van der Waals surface area contributed by atoms with Crippen LogP contribution < -0.4 is 5.32 Å². The molecule has 3 nitrogen and oxygen atoms in total. The molecule has 0 fully saturated rings. The van der Waals surface area contributed by atoms with Gasteiger partial charge >= 0.3 is 0 Å². The van der Waals surface area contributed by atoms with E-state index in [0.717, 1.165) is 13.0 Å². The molecule has 0 aliphatic rings. The standard InChI is InChI=1S/C8H19NO2/c1-7(5-6-9-2)8(10-3)11-4/h7-9H,5-6H2,1-4H3. The molecule has 0 aromatic rings. The van der Waals surface area contributed by atoms with Crippen molar-refractivity contribution in [1.82, 2.24) is 5.32 Å². The third-order valence-corrected chi connectivity index (χ3v) is 1.78. The van der Waals surface area contributed by atoms with Gasteiger partial charge in [0.25, 0.3) is 0 Å². The number of hydrogen-bond acceptors (Lipinski definition) is 3. The van der Waals surface area contributed by atoms with Crippen molar-refractivity contribution >= 4 is 0 Å². The van der Waals surface area contributed by atoms with Gasteiger partial charge in [0, 0.05) is 20.1 Å². The Hall–Kier alpha value is -0.120. The van der Waals surface area contributed by atoms with Gasteiger partial charge in [-0.3, -0.25) is 0 Å². The lowest BCUT2D eigenvalue weighted by molar-refractivity contribution is -0.134. The summed E-state index contributed by atoms with van der Waals surface area (Å²) in [5.41, 5.74) is 0. The molecule has 0 aliphatic heterocycles. The van der Waals surface area contributed by atoms with E-state index in [1.165, 1.54) is 0 Å². The molecule has 3 heteroatoms. The molecule has 11 heavy (non-hydrogen) atoms. The van der Waals surface area contributed by atoms with Crippen LogP contribution in [0.5, 0.6) is 0 Å². The second kappa shape index (κ2) is 6.58. The maximum absolute atomic E-state index is 5.11. The molecule has 68 valence electrons. The summed E-state index contributed by atoms with van der Waals surface area (Å²) in [6.07, 6.45) is 1.01. The van der Waals surface area contributed by atoms with Crippen LogP contribution >= 0.6 is 0 Å². The van der Waals surface area contributed by atoms with Crippen LogP contribution in [-0.2, 0) is 9.47 Å². The third kappa shape index (κ3) is 4.35. The molecule has 0 saturated heterocycles. The van der Waals surface area contributed by atoms with Gasteiger partial charge in [-0.15, -0.1) is 0 Å². The second-order valence-corrected chi connectivity index (χ2v) is 2.71. The Morgan fingerprint density at radius 3 is 2.18 bits per heavy atom. The van der Waals surface area contributed by atoms with Crippen LogP contribution in [0.3, 0.4) is 0 Å². The summed E-state index contributed by atoms with van der Waals surface area (Å²) in [6.45, 7) is 3.12. The first-order valence-corrected chi connectivity index (χ1v) is 3.96. The van der Waals surface area contributed by atoms with E-state index in [2.05, 4.69) is 12.2 Å². The molecule has 1 N–H and O–H groups in total. The number of nitrogens with one attached hydrogen (secondary N) is 1. The van der Waals surface area contributed by atoms with Gasteiger partial charge < -0.3 is 14.8 Å². The maximum atomic E-state index is 5.11. The third-order valence-electron chi connectivity index (χ3n) is 1.78. The summed E-state index contributed by atoms with van der Waals surface area (Å²) in [7, 11) is 5.29. The summed E-state index contributed by atoms with van der Waals surface area (Å²) >= 11 is 0. The number of hydrogen-bond donors (Lipinski definition) is 1. The highest BCUT2D eigenvalue weighted by Gasteiger charge is 2.14. The molecule has 1 atom stereocenters. The fraction of sp³-hybridized carbons (Fsp3) is 1.00. The summed E-state index contributed by atoms with van der Waals surface area (Å²) in [5.74, 6) is 0.442. The largest absolute Gasteiger partial charge is 0.356 e. The summed E-state index contributed by atoms with van der Waals surface area (Å²) in [5, 5.41) is 3.09. The Labute approximate surface area is 69.1 Å². The number of ether oxygens (including phenoxy) is 2. The van der Waals surface area contributed by atoms with Crippen molar-refractivity contribution in [2.75, 3.05) is 27.8 Å². The highest BCUT2D eigenvalue weighted by Crippen LogP contribution is 2.10. The topological polar surface area (TPSA) is 30.5 Å². The molecule has 0 amide bonds. The van der Waals surface area contributed by atoms with Crippen molar-refractivity contribution < 1.29 is 9.47 Å². The van der Waals surface area contributed by atoms with Crippen molar-refractivity contribution in [2.24, 2.45) is 5.92 Å². The first kappa shape index (κ1) is 10.9. The van der Waals surface area contributed by atoms with Gasteiger partial charge in [-0.1, -0.05) is 6.92 Å². The second-order valence-electron chi connectivity index (χ2n) is 2.71. The number of rotatable bonds is 6. The lowest BCUT2D eigenvalue weighted by Crippen LogP contribution is -2.25. The zero-order chi connectivity index (χ0) is 8.69. The Morgan fingerprint density at radius 1 is 1.27 bits per heavy atom. The lowest BCUT2D eigenvalue weighted by Gasteiger charge is -2.20. The normalized spacial score (nSPS) is 13.9. The van der Waals surface area contributed by atoms with Crippen molar-refractivity contribution in [2.45, 2.75) is 19.6 Å². The summed E-state index contributed by atoms with van der Waals surface area (Å²) in [4.78, 5) is 0. The molecule has 0 spiro atoms. The number of methoxy groups -OCH3 is 2. The molecule has 0 radical (unpaired) electrons. The minimum absolute atomic E-state index is 0.0663. The van der Waals surface area contributed by atoms with E-state index >= 15 is 0 Å². The van der Waals surface area contributed by atoms with Crippen molar-refractivity contribution in [3.05, 3.63) is 0 Å². The van der Waals surface area contributed by atoms with E-state index in [1.807, 2.05) is 7.05 Å². The fourth-order valence-corrected chi connectivity index (χ4v) is 1.07. The lowest BCUT2D eigenvalue weighted by atomic mass is 10.1. The van der Waals surface area contributed by atoms with Crippen LogP contribution in [0.15, 0.2) is 0 Å². The zero-order valence-corrected chi connectivity index (χ0v) is 7.89. The smallest absolute Gasteiger partial charge is 0.159 e. The minimum atomic E-state index is -0.0663. The van der Waals surface area contributed by atoms with Crippen LogP contribution in [-0.4, -0.2) is 34.1 Å². The van der Waals surface area contributed by atoms with Gasteiger partial charge in [-0.25, -0.2) is 0 Å². The highest BCUT2D eigenvalue weighted by atomic mass is 16.7. The van der Waals surface area contributed by atoms with Crippen LogP contribution in [0.1, 0.15) is 13.3 Å². The van der Waals surface area contributed by atoms with Gasteiger partial charge in [0.05, 0.1) is 0 Å². The zero-order valence-electron chi connectivity index (χ0n) is 7.89. The molecule has 0 bridgehead atoms. The van der Waals surface area contributed by atoms with Crippen molar-refractivity contribution in [3.8, 4) is 0 Å². The molecule has 0 aromatic heterocycles. The first-order valence-electron chi connectivity index (χ1n) is 3.96. The van der Waals surface area contributed by atoms with E-state index < -0.39 is 0 Å². The Morgan fingerprint density at radius 2 is 1.82 bits per heavy atom. The van der Waals surface area contributed by atoms with E-state index in [0.29, 0.717) is 5.92 Å². The molecular weight excluding hydrogens is 142 g/mol. The molecule has 0 rings (SSSR count). The molecule has 1 unspecified atom stereocenters. The van der Waals surface area contributed by atoms with E-state index in [9.17, 15) is 0 Å². The molecule has 0 aliphatic carbocycles. The van der Waals surface area contributed by atoms with Crippen LogP contribution in [0.2, 0.25) is 0 Å². The van der Waals surface area contributed by atoms with E-state index in [1.54, 1.807) is 14.2 Å². The monoisotopic (exact) mass is 161 g/mol. The average molecular weight is 161 g/mol. The highest BCUT2D eigenvalue weighted by molar-refractivity contribution is 4.57. The molecule has 0 saturated carbocycles. The van der Waals surface area contributed by atoms with Gasteiger partial charge in [-0.2, -0.15) is 0 Å². The van der Waals surface area contributed by atoms with Crippen LogP contribution in [0, 0.1) is 5.92 Å². The van der Waals surface area contributed by atoms with Crippen molar-refractivity contribution in [3.63, 3.8) is 0 Å².